The van der Waals surface area contributed by atoms with E-state index in [1.165, 1.54) is 31.3 Å². The Kier molecular flexibility index (Phi) is 6.80. The predicted molar refractivity (Wildman–Crippen MR) is 87.9 cm³/mol. The minimum absolute atomic E-state index is 0. The van der Waals surface area contributed by atoms with Crippen LogP contribution in [-0.4, -0.2) is 40.0 Å². The van der Waals surface area contributed by atoms with Crippen LogP contribution in [0.15, 0.2) is 29.2 Å². The highest BCUT2D eigenvalue weighted by Crippen LogP contribution is 2.12. The van der Waals surface area contributed by atoms with Gasteiger partial charge in [0.25, 0.3) is 5.91 Å². The Morgan fingerprint density at radius 2 is 1.91 bits per heavy atom. The van der Waals surface area contributed by atoms with Crippen LogP contribution in [0.2, 0.25) is 0 Å². The van der Waals surface area contributed by atoms with Crippen LogP contribution in [0.1, 0.15) is 30.1 Å². The molecular formula is C14H22ClN3O3S. The number of benzene rings is 1. The number of sulfonamides is 1. The van der Waals surface area contributed by atoms with Crippen molar-refractivity contribution in [1.29, 1.82) is 0 Å². The average molecular weight is 348 g/mol. The minimum Gasteiger partial charge on any atom is -0.348 e. The molecule has 1 aliphatic heterocycles. The van der Waals surface area contributed by atoms with Gasteiger partial charge in [0.1, 0.15) is 0 Å². The van der Waals surface area contributed by atoms with Crippen molar-refractivity contribution in [2.45, 2.75) is 36.7 Å². The van der Waals surface area contributed by atoms with Crippen LogP contribution < -0.4 is 15.4 Å². The van der Waals surface area contributed by atoms with Gasteiger partial charge in [0, 0.05) is 17.6 Å². The van der Waals surface area contributed by atoms with Gasteiger partial charge in [-0.3, -0.25) is 4.79 Å². The largest absolute Gasteiger partial charge is 0.348 e. The van der Waals surface area contributed by atoms with Crippen LogP contribution in [0.25, 0.3) is 0 Å². The van der Waals surface area contributed by atoms with Crippen LogP contribution in [0.3, 0.4) is 0 Å². The molecule has 0 aromatic heterocycles. The first-order valence-electron chi connectivity index (χ1n) is 7.02. The van der Waals surface area contributed by atoms with Crippen LogP contribution in [-0.2, 0) is 10.0 Å². The first-order chi connectivity index (χ1) is 9.94. The van der Waals surface area contributed by atoms with E-state index in [1.807, 2.05) is 6.92 Å². The predicted octanol–water partition coefficient (Wildman–Crippen LogP) is 0.887. The Hall–Kier alpha value is -1.15. The second kappa shape index (κ2) is 7.92. The molecule has 2 unspecified atom stereocenters. The molecule has 0 radical (unpaired) electrons. The summed E-state index contributed by atoms with van der Waals surface area (Å²) >= 11 is 0. The van der Waals surface area contributed by atoms with Crippen molar-refractivity contribution in [3.8, 4) is 0 Å². The van der Waals surface area contributed by atoms with Gasteiger partial charge < -0.3 is 10.6 Å². The molecule has 1 saturated heterocycles. The average Bonchev–Trinajstić information content (AvgIpc) is 2.49. The fraction of sp³-hybridized carbons (Fsp3) is 0.500. The summed E-state index contributed by atoms with van der Waals surface area (Å²) in [4.78, 5) is 12.3. The van der Waals surface area contributed by atoms with Crippen molar-refractivity contribution in [2.24, 2.45) is 0 Å². The van der Waals surface area contributed by atoms with Gasteiger partial charge >= 0.3 is 0 Å². The van der Waals surface area contributed by atoms with Gasteiger partial charge in [-0.05, 0) is 57.6 Å². The SMILES string of the molecule is CNS(=O)(=O)c1ccc(C(=O)NC2CCCNC2C)cc1.Cl. The third kappa shape index (κ3) is 4.42. The number of hydrogen-bond acceptors (Lipinski definition) is 4. The van der Waals surface area contributed by atoms with Gasteiger partial charge in [-0.1, -0.05) is 0 Å². The summed E-state index contributed by atoms with van der Waals surface area (Å²) < 4.78 is 25.5. The highest BCUT2D eigenvalue weighted by molar-refractivity contribution is 7.89. The Morgan fingerprint density at radius 3 is 2.45 bits per heavy atom. The van der Waals surface area contributed by atoms with Gasteiger partial charge in [0.15, 0.2) is 0 Å². The van der Waals surface area contributed by atoms with Crippen LogP contribution in [0, 0.1) is 0 Å². The molecular weight excluding hydrogens is 326 g/mol. The summed E-state index contributed by atoms with van der Waals surface area (Å²) in [6, 6.07) is 6.27. The summed E-state index contributed by atoms with van der Waals surface area (Å²) in [7, 11) is -2.11. The zero-order chi connectivity index (χ0) is 15.5. The van der Waals surface area contributed by atoms with E-state index in [0.29, 0.717) is 5.56 Å². The Labute approximate surface area is 137 Å². The van der Waals surface area contributed by atoms with Crippen molar-refractivity contribution in [1.82, 2.24) is 15.4 Å². The zero-order valence-electron chi connectivity index (χ0n) is 12.6. The molecule has 1 amide bonds. The fourth-order valence-corrected chi connectivity index (χ4v) is 3.13. The molecule has 2 rings (SSSR count). The molecule has 6 nitrogen and oxygen atoms in total. The molecule has 1 aliphatic rings. The van der Waals surface area contributed by atoms with Crippen LogP contribution in [0.4, 0.5) is 0 Å². The molecule has 1 fully saturated rings. The van der Waals surface area contributed by atoms with Gasteiger partial charge in [-0.2, -0.15) is 0 Å². The lowest BCUT2D eigenvalue weighted by Crippen LogP contribution is -2.51. The Balaban J connectivity index is 0.00000242. The molecule has 3 N–H and O–H groups in total. The number of amides is 1. The number of carbonyl (C=O) groups is 1. The normalized spacial score (nSPS) is 21.7. The van der Waals surface area contributed by atoms with Gasteiger partial charge in [0.05, 0.1) is 4.90 Å². The summed E-state index contributed by atoms with van der Waals surface area (Å²) in [6.07, 6.45) is 1.99. The Bertz CT molecular complexity index is 604. The number of piperidine rings is 1. The molecule has 22 heavy (non-hydrogen) atoms. The molecule has 0 saturated carbocycles. The minimum atomic E-state index is -3.47. The first-order valence-corrected chi connectivity index (χ1v) is 8.50. The fourth-order valence-electron chi connectivity index (χ4n) is 2.40. The number of carbonyl (C=O) groups excluding carboxylic acids is 1. The summed E-state index contributed by atoms with van der Waals surface area (Å²) in [5.74, 6) is -0.177. The monoisotopic (exact) mass is 347 g/mol. The van der Waals surface area contributed by atoms with Gasteiger partial charge in [-0.15, -0.1) is 12.4 Å². The van der Waals surface area contributed by atoms with Gasteiger partial charge in [-0.25, -0.2) is 13.1 Å². The molecule has 0 aliphatic carbocycles. The lowest BCUT2D eigenvalue weighted by molar-refractivity contribution is 0.0919. The maximum Gasteiger partial charge on any atom is 0.251 e. The first kappa shape index (κ1) is 18.9. The second-order valence-electron chi connectivity index (χ2n) is 5.20. The van der Waals surface area contributed by atoms with E-state index in [0.717, 1.165) is 19.4 Å². The number of nitrogens with one attached hydrogen (secondary N) is 3. The molecule has 1 heterocycles. The maximum atomic E-state index is 12.2. The smallest absolute Gasteiger partial charge is 0.251 e. The standard InChI is InChI=1S/C14H21N3O3S.ClH/c1-10-13(4-3-9-16-10)17-14(18)11-5-7-12(8-6-11)21(19,20)15-2;/h5-8,10,13,15-16H,3-4,9H2,1-2H3,(H,17,18);1H. The van der Waals surface area contributed by atoms with Crippen molar-refractivity contribution in [3.63, 3.8) is 0 Å². The van der Waals surface area contributed by atoms with E-state index in [4.69, 9.17) is 0 Å². The van der Waals surface area contributed by atoms with Crippen molar-refractivity contribution >= 4 is 28.3 Å². The topological polar surface area (TPSA) is 87.3 Å². The highest BCUT2D eigenvalue weighted by Gasteiger charge is 2.23. The van der Waals surface area contributed by atoms with E-state index in [9.17, 15) is 13.2 Å². The van der Waals surface area contributed by atoms with E-state index < -0.39 is 10.0 Å². The molecule has 1 aromatic rings. The summed E-state index contributed by atoms with van der Waals surface area (Å²) in [5, 5.41) is 6.31. The molecule has 8 heteroatoms. The lowest BCUT2D eigenvalue weighted by Gasteiger charge is -2.30. The van der Waals surface area contributed by atoms with Crippen LogP contribution in [0.5, 0.6) is 0 Å². The number of hydrogen-bond donors (Lipinski definition) is 3. The van der Waals surface area contributed by atoms with E-state index in [1.54, 1.807) is 0 Å². The summed E-state index contributed by atoms with van der Waals surface area (Å²) in [5.41, 5.74) is 0.461. The number of halogens is 1. The van der Waals surface area contributed by atoms with Crippen molar-refractivity contribution < 1.29 is 13.2 Å². The lowest BCUT2D eigenvalue weighted by atomic mass is 9.99. The molecule has 0 spiro atoms. The molecule has 0 bridgehead atoms. The third-order valence-electron chi connectivity index (χ3n) is 3.77. The van der Waals surface area contributed by atoms with Crippen molar-refractivity contribution in [2.75, 3.05) is 13.6 Å². The Morgan fingerprint density at radius 1 is 1.27 bits per heavy atom. The van der Waals surface area contributed by atoms with Crippen molar-refractivity contribution in [3.05, 3.63) is 29.8 Å². The zero-order valence-corrected chi connectivity index (χ0v) is 14.3. The van der Waals surface area contributed by atoms with E-state index >= 15 is 0 Å². The van der Waals surface area contributed by atoms with Crippen LogP contribution >= 0.6 is 12.4 Å². The van der Waals surface area contributed by atoms with E-state index in [-0.39, 0.29) is 35.3 Å². The molecule has 1 aromatic carbocycles. The highest BCUT2D eigenvalue weighted by atomic mass is 35.5. The summed E-state index contributed by atoms with van der Waals surface area (Å²) in [6.45, 7) is 3.02. The third-order valence-corrected chi connectivity index (χ3v) is 5.20. The maximum absolute atomic E-state index is 12.2. The number of rotatable bonds is 4. The second-order valence-corrected chi connectivity index (χ2v) is 7.08. The molecule has 124 valence electrons. The molecule has 2 atom stereocenters. The van der Waals surface area contributed by atoms with E-state index in [2.05, 4.69) is 15.4 Å². The van der Waals surface area contributed by atoms with Gasteiger partial charge in [0.2, 0.25) is 10.0 Å². The quantitative estimate of drug-likeness (QED) is 0.754.